The van der Waals surface area contributed by atoms with Crippen LogP contribution < -0.4 is 10.1 Å². The van der Waals surface area contributed by atoms with Gasteiger partial charge in [-0.2, -0.15) is 0 Å². The molecule has 0 saturated carbocycles. The standard InChI is InChI=1S/C12H17NO3/c1-12(13-2,11(14)15)8-9-16-10-6-4-3-5-7-10/h3-7,13H,8-9H2,1-2H3,(H,14,15). The zero-order chi connectivity index (χ0) is 12.0. The van der Waals surface area contributed by atoms with Gasteiger partial charge in [-0.25, -0.2) is 0 Å². The Bertz CT molecular complexity index is 339. The van der Waals surface area contributed by atoms with Gasteiger partial charge in [0.2, 0.25) is 0 Å². The van der Waals surface area contributed by atoms with Crippen LogP contribution >= 0.6 is 0 Å². The Morgan fingerprint density at radius 1 is 1.44 bits per heavy atom. The molecule has 0 saturated heterocycles. The van der Waals surface area contributed by atoms with Gasteiger partial charge in [0.05, 0.1) is 6.61 Å². The van der Waals surface area contributed by atoms with E-state index in [1.807, 2.05) is 30.3 Å². The molecule has 0 radical (unpaired) electrons. The highest BCUT2D eigenvalue weighted by atomic mass is 16.5. The molecule has 1 aromatic rings. The Morgan fingerprint density at radius 2 is 2.06 bits per heavy atom. The smallest absolute Gasteiger partial charge is 0.323 e. The molecule has 0 amide bonds. The molecule has 0 aliphatic heterocycles. The average Bonchev–Trinajstić information content (AvgIpc) is 2.30. The number of carboxylic acid groups (broad SMARTS) is 1. The molecule has 2 N–H and O–H groups in total. The number of aliphatic carboxylic acids is 1. The van der Waals surface area contributed by atoms with Crippen LogP contribution in [0.3, 0.4) is 0 Å². The van der Waals surface area contributed by atoms with Crippen LogP contribution in [0.5, 0.6) is 5.75 Å². The fourth-order valence-electron chi connectivity index (χ4n) is 1.23. The van der Waals surface area contributed by atoms with Crippen LogP contribution in [0.15, 0.2) is 30.3 Å². The maximum absolute atomic E-state index is 11.0. The number of ether oxygens (including phenoxy) is 1. The second kappa shape index (κ2) is 5.51. The Labute approximate surface area is 95.2 Å². The number of benzene rings is 1. The van der Waals surface area contributed by atoms with Crippen molar-refractivity contribution in [2.24, 2.45) is 0 Å². The van der Waals surface area contributed by atoms with Gasteiger partial charge in [-0.05, 0) is 26.1 Å². The first-order valence-corrected chi connectivity index (χ1v) is 5.18. The van der Waals surface area contributed by atoms with Crippen LogP contribution in [0.25, 0.3) is 0 Å². The largest absolute Gasteiger partial charge is 0.494 e. The number of hydrogen-bond acceptors (Lipinski definition) is 3. The molecule has 88 valence electrons. The van der Waals surface area contributed by atoms with Crippen molar-refractivity contribution in [3.63, 3.8) is 0 Å². The lowest BCUT2D eigenvalue weighted by Gasteiger charge is -2.23. The zero-order valence-corrected chi connectivity index (χ0v) is 9.56. The van der Waals surface area contributed by atoms with Crippen LogP contribution in [0.1, 0.15) is 13.3 Å². The normalized spacial score (nSPS) is 14.1. The van der Waals surface area contributed by atoms with E-state index in [2.05, 4.69) is 5.32 Å². The van der Waals surface area contributed by atoms with Crippen LogP contribution in [0.2, 0.25) is 0 Å². The van der Waals surface area contributed by atoms with Crippen molar-refractivity contribution in [2.75, 3.05) is 13.7 Å². The molecule has 0 aliphatic carbocycles. The lowest BCUT2D eigenvalue weighted by Crippen LogP contribution is -2.48. The molecule has 1 aromatic carbocycles. The summed E-state index contributed by atoms with van der Waals surface area (Å²) in [6.07, 6.45) is 0.410. The van der Waals surface area contributed by atoms with Crippen LogP contribution in [0, 0.1) is 0 Å². The summed E-state index contributed by atoms with van der Waals surface area (Å²) in [7, 11) is 1.64. The number of carbonyl (C=O) groups is 1. The third-order valence-corrected chi connectivity index (χ3v) is 2.64. The van der Waals surface area contributed by atoms with E-state index in [0.29, 0.717) is 13.0 Å². The molecule has 1 unspecified atom stereocenters. The number of rotatable bonds is 6. The second-order valence-electron chi connectivity index (χ2n) is 3.80. The monoisotopic (exact) mass is 223 g/mol. The quantitative estimate of drug-likeness (QED) is 0.767. The van der Waals surface area contributed by atoms with Gasteiger partial charge in [-0.3, -0.25) is 4.79 Å². The molecular formula is C12H17NO3. The van der Waals surface area contributed by atoms with Crippen molar-refractivity contribution in [1.82, 2.24) is 5.32 Å². The number of carboxylic acids is 1. The first-order valence-electron chi connectivity index (χ1n) is 5.18. The molecule has 1 atom stereocenters. The summed E-state index contributed by atoms with van der Waals surface area (Å²) in [5, 5.41) is 11.8. The molecule has 0 heterocycles. The number of hydrogen-bond donors (Lipinski definition) is 2. The maximum Gasteiger partial charge on any atom is 0.323 e. The molecule has 4 heteroatoms. The Balaban J connectivity index is 2.43. The summed E-state index contributed by atoms with van der Waals surface area (Å²) < 4.78 is 5.45. The van der Waals surface area contributed by atoms with Gasteiger partial charge in [-0.1, -0.05) is 18.2 Å². The summed E-state index contributed by atoms with van der Waals surface area (Å²) >= 11 is 0. The van der Waals surface area contributed by atoms with Crippen molar-refractivity contribution in [3.05, 3.63) is 30.3 Å². The SMILES string of the molecule is CNC(C)(CCOc1ccccc1)C(=O)O. The summed E-state index contributed by atoms with van der Waals surface area (Å²) in [6.45, 7) is 2.01. The van der Waals surface area contributed by atoms with E-state index in [-0.39, 0.29) is 0 Å². The molecule has 0 aliphatic rings. The molecule has 4 nitrogen and oxygen atoms in total. The zero-order valence-electron chi connectivity index (χ0n) is 9.56. The van der Waals surface area contributed by atoms with Gasteiger partial charge in [0, 0.05) is 6.42 Å². The highest BCUT2D eigenvalue weighted by molar-refractivity contribution is 5.78. The second-order valence-corrected chi connectivity index (χ2v) is 3.80. The molecule has 0 bridgehead atoms. The van der Waals surface area contributed by atoms with Crippen molar-refractivity contribution in [3.8, 4) is 5.75 Å². The summed E-state index contributed by atoms with van der Waals surface area (Å²) in [5.41, 5.74) is -0.936. The van der Waals surface area contributed by atoms with Crippen molar-refractivity contribution in [1.29, 1.82) is 0 Å². The van der Waals surface area contributed by atoms with Crippen LogP contribution in [0.4, 0.5) is 0 Å². The minimum Gasteiger partial charge on any atom is -0.494 e. The van der Waals surface area contributed by atoms with Crippen LogP contribution in [-0.2, 0) is 4.79 Å². The lowest BCUT2D eigenvalue weighted by molar-refractivity contribution is -0.144. The topological polar surface area (TPSA) is 58.6 Å². The predicted octanol–water partition coefficient (Wildman–Crippen LogP) is 1.52. The minimum atomic E-state index is -0.936. The van der Waals surface area contributed by atoms with E-state index >= 15 is 0 Å². The molecule has 1 rings (SSSR count). The Morgan fingerprint density at radius 3 is 2.56 bits per heavy atom. The Kier molecular flexibility index (Phi) is 4.31. The third-order valence-electron chi connectivity index (χ3n) is 2.64. The van der Waals surface area contributed by atoms with Gasteiger partial charge >= 0.3 is 5.97 Å². The van der Waals surface area contributed by atoms with Gasteiger partial charge in [-0.15, -0.1) is 0 Å². The molecule has 16 heavy (non-hydrogen) atoms. The van der Waals surface area contributed by atoms with Gasteiger partial charge < -0.3 is 15.2 Å². The fourth-order valence-corrected chi connectivity index (χ4v) is 1.23. The summed E-state index contributed by atoms with van der Waals surface area (Å²) in [4.78, 5) is 11.0. The fraction of sp³-hybridized carbons (Fsp3) is 0.417. The maximum atomic E-state index is 11.0. The number of para-hydroxylation sites is 1. The first-order chi connectivity index (χ1) is 7.58. The molecule has 0 fully saturated rings. The van der Waals surface area contributed by atoms with E-state index in [1.165, 1.54) is 0 Å². The van der Waals surface area contributed by atoms with Crippen molar-refractivity contribution in [2.45, 2.75) is 18.9 Å². The molecular weight excluding hydrogens is 206 g/mol. The summed E-state index contributed by atoms with van der Waals surface area (Å²) in [6, 6.07) is 9.35. The van der Waals surface area contributed by atoms with E-state index < -0.39 is 11.5 Å². The minimum absolute atomic E-state index is 0.369. The van der Waals surface area contributed by atoms with E-state index in [4.69, 9.17) is 9.84 Å². The summed E-state index contributed by atoms with van der Waals surface area (Å²) in [5.74, 6) is -0.113. The number of likely N-dealkylation sites (N-methyl/N-ethyl adjacent to an activating group) is 1. The highest BCUT2D eigenvalue weighted by Crippen LogP contribution is 2.13. The molecule has 0 spiro atoms. The third kappa shape index (κ3) is 3.24. The first kappa shape index (κ1) is 12.5. The lowest BCUT2D eigenvalue weighted by atomic mass is 9.99. The van der Waals surface area contributed by atoms with Crippen molar-refractivity contribution < 1.29 is 14.6 Å². The highest BCUT2D eigenvalue weighted by Gasteiger charge is 2.30. The van der Waals surface area contributed by atoms with E-state index in [0.717, 1.165) is 5.75 Å². The average molecular weight is 223 g/mol. The van der Waals surface area contributed by atoms with E-state index in [9.17, 15) is 4.79 Å². The van der Waals surface area contributed by atoms with Gasteiger partial charge in [0.15, 0.2) is 0 Å². The number of nitrogens with one attached hydrogen (secondary N) is 1. The molecule has 0 aromatic heterocycles. The predicted molar refractivity (Wildman–Crippen MR) is 61.7 cm³/mol. The van der Waals surface area contributed by atoms with Gasteiger partial charge in [0.1, 0.15) is 11.3 Å². The van der Waals surface area contributed by atoms with Crippen molar-refractivity contribution >= 4 is 5.97 Å². The Hall–Kier alpha value is -1.55. The van der Waals surface area contributed by atoms with E-state index in [1.54, 1.807) is 14.0 Å². The van der Waals surface area contributed by atoms with Crippen LogP contribution in [-0.4, -0.2) is 30.3 Å². The van der Waals surface area contributed by atoms with Gasteiger partial charge in [0.25, 0.3) is 0 Å².